The summed E-state index contributed by atoms with van der Waals surface area (Å²) in [5.74, 6) is 0.954. The minimum absolute atomic E-state index is 0.188. The maximum Gasteiger partial charge on any atom is 0.219 e. The van der Waals surface area contributed by atoms with Crippen molar-refractivity contribution in [1.82, 2.24) is 5.32 Å². The summed E-state index contributed by atoms with van der Waals surface area (Å²) in [6.45, 7) is 4.46. The second kappa shape index (κ2) is 10.0. The molecule has 0 aromatic rings. The lowest BCUT2D eigenvalue weighted by Crippen LogP contribution is -2.18. The Morgan fingerprint density at radius 1 is 1.07 bits per heavy atom. The van der Waals surface area contributed by atoms with E-state index >= 15 is 0 Å². The number of carbonyl (C=O) groups is 1. The molecular weight excluding hydrogens is 186 g/mol. The summed E-state index contributed by atoms with van der Waals surface area (Å²) in [6.07, 6.45) is 9.52. The van der Waals surface area contributed by atoms with Gasteiger partial charge in [0.15, 0.2) is 0 Å². The van der Waals surface area contributed by atoms with Crippen molar-refractivity contribution in [3.05, 3.63) is 0 Å². The molecule has 0 saturated heterocycles. The number of nitrogens with one attached hydrogen (secondary N) is 1. The van der Waals surface area contributed by atoms with Crippen LogP contribution in [0.25, 0.3) is 0 Å². The summed E-state index contributed by atoms with van der Waals surface area (Å²) in [5, 5.41) is 2.69. The van der Waals surface area contributed by atoms with Crippen molar-refractivity contribution in [1.29, 1.82) is 0 Å². The second-order valence-corrected chi connectivity index (χ2v) is 4.36. The van der Waals surface area contributed by atoms with Crippen molar-refractivity contribution in [3.8, 4) is 0 Å². The molecule has 0 aliphatic carbocycles. The predicted molar refractivity (Wildman–Crippen MR) is 65.8 cm³/mol. The van der Waals surface area contributed by atoms with Crippen molar-refractivity contribution < 1.29 is 4.79 Å². The molecule has 0 aliphatic rings. The fraction of sp³-hybridized carbons (Fsp3) is 0.923. The predicted octanol–water partition coefficient (Wildman–Crippen LogP) is 3.51. The van der Waals surface area contributed by atoms with Crippen LogP contribution < -0.4 is 5.32 Å². The van der Waals surface area contributed by atoms with Gasteiger partial charge < -0.3 is 5.32 Å². The van der Waals surface area contributed by atoms with Gasteiger partial charge in [0.2, 0.25) is 5.91 Å². The Morgan fingerprint density at radius 2 is 1.60 bits per heavy atom. The van der Waals surface area contributed by atoms with Gasteiger partial charge in [0.05, 0.1) is 0 Å². The van der Waals surface area contributed by atoms with E-state index in [0.717, 1.165) is 12.3 Å². The number of hydrogen-bond donors (Lipinski definition) is 1. The van der Waals surface area contributed by atoms with Crippen LogP contribution in [0.5, 0.6) is 0 Å². The number of rotatable bonds is 9. The molecule has 0 saturated carbocycles. The van der Waals surface area contributed by atoms with Gasteiger partial charge in [0, 0.05) is 13.5 Å². The summed E-state index contributed by atoms with van der Waals surface area (Å²) in [7, 11) is 1.72. The van der Waals surface area contributed by atoms with Gasteiger partial charge >= 0.3 is 0 Å². The van der Waals surface area contributed by atoms with Gasteiger partial charge in [-0.2, -0.15) is 0 Å². The minimum atomic E-state index is 0.188. The van der Waals surface area contributed by atoms with Crippen molar-refractivity contribution in [3.63, 3.8) is 0 Å². The van der Waals surface area contributed by atoms with Crippen molar-refractivity contribution in [2.24, 2.45) is 5.92 Å². The first-order valence-corrected chi connectivity index (χ1v) is 6.45. The van der Waals surface area contributed by atoms with Crippen molar-refractivity contribution in [2.45, 2.75) is 65.2 Å². The molecule has 0 atom stereocenters. The van der Waals surface area contributed by atoms with E-state index in [1.807, 2.05) is 0 Å². The van der Waals surface area contributed by atoms with Gasteiger partial charge in [-0.05, 0) is 12.3 Å². The van der Waals surface area contributed by atoms with Crippen molar-refractivity contribution >= 4 is 5.91 Å². The van der Waals surface area contributed by atoms with Gasteiger partial charge in [0.25, 0.3) is 0 Å². The lowest BCUT2D eigenvalue weighted by molar-refractivity contribution is -0.120. The highest BCUT2D eigenvalue weighted by molar-refractivity contribution is 5.75. The molecule has 0 rings (SSSR count). The fourth-order valence-corrected chi connectivity index (χ4v) is 1.88. The Labute approximate surface area is 94.8 Å². The molecule has 2 nitrogen and oxygen atoms in total. The van der Waals surface area contributed by atoms with E-state index in [0.29, 0.717) is 6.42 Å². The summed E-state index contributed by atoms with van der Waals surface area (Å²) >= 11 is 0. The molecule has 90 valence electrons. The topological polar surface area (TPSA) is 29.1 Å². The highest BCUT2D eigenvalue weighted by atomic mass is 16.1. The maximum atomic E-state index is 11.2. The highest BCUT2D eigenvalue weighted by Crippen LogP contribution is 2.21. The van der Waals surface area contributed by atoms with Crippen LogP contribution in [-0.2, 0) is 4.79 Å². The molecule has 0 spiro atoms. The average molecular weight is 213 g/mol. The van der Waals surface area contributed by atoms with E-state index in [1.54, 1.807) is 7.05 Å². The number of unbranched alkanes of at least 4 members (excludes halogenated alkanes) is 2. The van der Waals surface area contributed by atoms with E-state index in [1.165, 1.54) is 38.5 Å². The quantitative estimate of drug-likeness (QED) is 0.624. The average Bonchev–Trinajstić information content (AvgIpc) is 2.27. The molecule has 1 N–H and O–H groups in total. The first-order chi connectivity index (χ1) is 7.24. The maximum absolute atomic E-state index is 11.2. The van der Waals surface area contributed by atoms with Gasteiger partial charge in [0.1, 0.15) is 0 Å². The molecule has 15 heavy (non-hydrogen) atoms. The summed E-state index contributed by atoms with van der Waals surface area (Å²) < 4.78 is 0. The molecule has 1 amide bonds. The van der Waals surface area contributed by atoms with Crippen LogP contribution in [0.3, 0.4) is 0 Å². The first-order valence-electron chi connectivity index (χ1n) is 6.45. The molecule has 0 aromatic heterocycles. The molecule has 0 aromatic carbocycles. The van der Waals surface area contributed by atoms with E-state index in [-0.39, 0.29) is 5.91 Å². The summed E-state index contributed by atoms with van der Waals surface area (Å²) in [6, 6.07) is 0. The molecule has 0 bridgehead atoms. The Morgan fingerprint density at radius 3 is 2.00 bits per heavy atom. The number of hydrogen-bond acceptors (Lipinski definition) is 1. The van der Waals surface area contributed by atoms with E-state index in [9.17, 15) is 4.79 Å². The van der Waals surface area contributed by atoms with E-state index < -0.39 is 0 Å². The Hall–Kier alpha value is -0.530. The zero-order valence-electron chi connectivity index (χ0n) is 10.6. The molecule has 0 aliphatic heterocycles. The third kappa shape index (κ3) is 8.46. The minimum Gasteiger partial charge on any atom is -0.359 e. The molecule has 0 unspecified atom stereocenters. The normalized spacial score (nSPS) is 10.7. The van der Waals surface area contributed by atoms with Crippen LogP contribution in [0.15, 0.2) is 0 Å². The second-order valence-electron chi connectivity index (χ2n) is 4.36. The lowest BCUT2D eigenvalue weighted by atomic mass is 9.91. The summed E-state index contributed by atoms with van der Waals surface area (Å²) in [5.41, 5.74) is 0. The van der Waals surface area contributed by atoms with Gasteiger partial charge in [-0.25, -0.2) is 0 Å². The summed E-state index contributed by atoms with van der Waals surface area (Å²) in [4.78, 5) is 11.2. The highest BCUT2D eigenvalue weighted by Gasteiger charge is 2.09. The smallest absolute Gasteiger partial charge is 0.219 e. The Bertz CT molecular complexity index is 149. The fourth-order valence-electron chi connectivity index (χ4n) is 1.88. The molecule has 0 heterocycles. The van der Waals surface area contributed by atoms with Gasteiger partial charge in [-0.3, -0.25) is 4.79 Å². The molecule has 0 radical (unpaired) electrons. The van der Waals surface area contributed by atoms with Crippen LogP contribution in [0, 0.1) is 5.92 Å². The Balaban J connectivity index is 3.72. The SMILES string of the molecule is CCCCC(CCCC)CCC(=O)NC. The van der Waals surface area contributed by atoms with Crippen molar-refractivity contribution in [2.75, 3.05) is 7.05 Å². The monoisotopic (exact) mass is 213 g/mol. The molecule has 2 heteroatoms. The van der Waals surface area contributed by atoms with Crippen LogP contribution in [-0.4, -0.2) is 13.0 Å². The standard InChI is InChI=1S/C13H27NO/c1-4-6-8-12(9-7-5-2)10-11-13(15)14-3/h12H,4-11H2,1-3H3,(H,14,15). The molecular formula is C13H27NO. The Kier molecular flexibility index (Phi) is 9.65. The van der Waals surface area contributed by atoms with Gasteiger partial charge in [-0.15, -0.1) is 0 Å². The van der Waals surface area contributed by atoms with Gasteiger partial charge in [-0.1, -0.05) is 52.4 Å². The van der Waals surface area contributed by atoms with Crippen LogP contribution in [0.2, 0.25) is 0 Å². The third-order valence-corrected chi connectivity index (χ3v) is 2.99. The zero-order chi connectivity index (χ0) is 11.5. The molecule has 0 fully saturated rings. The zero-order valence-corrected chi connectivity index (χ0v) is 10.6. The first kappa shape index (κ1) is 14.5. The van der Waals surface area contributed by atoms with E-state index in [4.69, 9.17) is 0 Å². The third-order valence-electron chi connectivity index (χ3n) is 2.99. The number of carbonyl (C=O) groups excluding carboxylic acids is 1. The largest absolute Gasteiger partial charge is 0.359 e. The number of amides is 1. The van der Waals surface area contributed by atoms with Crippen LogP contribution in [0.4, 0.5) is 0 Å². The lowest BCUT2D eigenvalue weighted by Gasteiger charge is -2.15. The van der Waals surface area contributed by atoms with Crippen LogP contribution >= 0.6 is 0 Å². The van der Waals surface area contributed by atoms with Crippen LogP contribution in [0.1, 0.15) is 65.2 Å². The van der Waals surface area contributed by atoms with E-state index in [2.05, 4.69) is 19.2 Å².